The third kappa shape index (κ3) is 3.64. The fraction of sp³-hybridized carbons (Fsp3) is 0. The second-order valence-corrected chi connectivity index (χ2v) is 12.3. The Morgan fingerprint density at radius 3 is 1.20 bits per heavy atom. The minimum atomic E-state index is 0.573. The lowest BCUT2D eigenvalue weighted by molar-refractivity contribution is 0.640. The lowest BCUT2D eigenvalue weighted by Crippen LogP contribution is -2.09. The molecular formula is C42H24N6O2. The Balaban J connectivity index is 1.42. The summed E-state index contributed by atoms with van der Waals surface area (Å²) in [6.07, 6.45) is 7.08. The molecule has 0 radical (unpaired) electrons. The van der Waals surface area contributed by atoms with Gasteiger partial charge in [0.05, 0.1) is 33.2 Å². The van der Waals surface area contributed by atoms with Gasteiger partial charge < -0.3 is 8.83 Å². The molecule has 0 unspecified atom stereocenters. The third-order valence-electron chi connectivity index (χ3n) is 9.60. The van der Waals surface area contributed by atoms with Crippen LogP contribution in [0.2, 0.25) is 0 Å². The number of aromatic nitrogens is 6. The molecule has 50 heavy (non-hydrogen) atoms. The molecule has 0 aliphatic heterocycles. The van der Waals surface area contributed by atoms with Crippen LogP contribution in [-0.2, 0) is 0 Å². The minimum Gasteiger partial charge on any atom is -0.439 e. The molecule has 0 spiro atoms. The Kier molecular flexibility index (Phi) is 5.51. The number of fused-ring (bicyclic) bond motifs is 10. The highest BCUT2D eigenvalue weighted by atomic mass is 16.3. The van der Waals surface area contributed by atoms with E-state index < -0.39 is 0 Å². The summed E-state index contributed by atoms with van der Waals surface area (Å²) in [4.78, 5) is 19.2. The first-order valence-electron chi connectivity index (χ1n) is 16.4. The molecule has 0 fully saturated rings. The molecular weight excluding hydrogens is 621 g/mol. The van der Waals surface area contributed by atoms with Gasteiger partial charge in [0.15, 0.2) is 11.6 Å². The Labute approximate surface area is 283 Å². The van der Waals surface area contributed by atoms with Gasteiger partial charge in [-0.2, -0.15) is 0 Å². The predicted molar refractivity (Wildman–Crippen MR) is 197 cm³/mol. The first kappa shape index (κ1) is 26.9. The Morgan fingerprint density at radius 2 is 0.760 bits per heavy atom. The van der Waals surface area contributed by atoms with Crippen molar-refractivity contribution in [3.8, 4) is 34.2 Å². The van der Waals surface area contributed by atoms with Crippen molar-refractivity contribution in [2.45, 2.75) is 0 Å². The summed E-state index contributed by atoms with van der Waals surface area (Å²) in [6, 6.07) is 41.0. The van der Waals surface area contributed by atoms with Crippen molar-refractivity contribution < 1.29 is 8.83 Å². The van der Waals surface area contributed by atoms with Crippen LogP contribution in [0, 0.1) is 0 Å². The molecule has 0 amide bonds. The largest absolute Gasteiger partial charge is 0.439 e. The van der Waals surface area contributed by atoms with Crippen LogP contribution in [0.25, 0.3) is 100 Å². The smallest absolute Gasteiger partial charge is 0.213 e. The van der Waals surface area contributed by atoms with Crippen molar-refractivity contribution in [3.05, 3.63) is 146 Å². The zero-order chi connectivity index (χ0) is 32.8. The molecule has 6 heterocycles. The fourth-order valence-corrected chi connectivity index (χ4v) is 7.59. The summed E-state index contributed by atoms with van der Waals surface area (Å²) in [7, 11) is 0. The van der Waals surface area contributed by atoms with Crippen LogP contribution >= 0.6 is 0 Å². The van der Waals surface area contributed by atoms with Crippen LogP contribution in [0.1, 0.15) is 0 Å². The summed E-state index contributed by atoms with van der Waals surface area (Å²) >= 11 is 0. The van der Waals surface area contributed by atoms with Crippen LogP contribution < -0.4 is 0 Å². The number of benzene rings is 5. The highest BCUT2D eigenvalue weighted by Crippen LogP contribution is 2.47. The van der Waals surface area contributed by atoms with Gasteiger partial charge in [-0.3, -0.25) is 9.13 Å². The topological polar surface area (TPSA) is 87.7 Å². The first-order valence-corrected chi connectivity index (χ1v) is 16.4. The van der Waals surface area contributed by atoms with E-state index in [1.165, 1.54) is 0 Å². The number of para-hydroxylation sites is 4. The van der Waals surface area contributed by atoms with Crippen molar-refractivity contribution in [1.29, 1.82) is 0 Å². The molecule has 0 aliphatic rings. The second-order valence-electron chi connectivity index (χ2n) is 12.3. The van der Waals surface area contributed by atoms with Gasteiger partial charge in [0.2, 0.25) is 11.4 Å². The maximum absolute atomic E-state index is 6.81. The van der Waals surface area contributed by atoms with E-state index in [9.17, 15) is 0 Å². The first-order chi connectivity index (χ1) is 24.8. The van der Waals surface area contributed by atoms with E-state index in [-0.39, 0.29) is 0 Å². The number of rotatable bonds is 4. The lowest BCUT2D eigenvalue weighted by atomic mass is 10.0. The number of hydrogen-bond acceptors (Lipinski definition) is 6. The highest BCUT2D eigenvalue weighted by molar-refractivity contribution is 6.22. The molecule has 11 aromatic rings. The van der Waals surface area contributed by atoms with Crippen LogP contribution in [0.15, 0.2) is 155 Å². The summed E-state index contributed by atoms with van der Waals surface area (Å²) in [5, 5.41) is 6.32. The molecule has 0 saturated heterocycles. The third-order valence-corrected chi connectivity index (χ3v) is 9.60. The van der Waals surface area contributed by atoms with E-state index in [1.807, 2.05) is 36.4 Å². The van der Waals surface area contributed by atoms with Gasteiger partial charge >= 0.3 is 0 Å². The molecule has 0 saturated carbocycles. The highest BCUT2D eigenvalue weighted by Gasteiger charge is 2.30. The average Bonchev–Trinajstić information content (AvgIpc) is 3.91. The maximum Gasteiger partial charge on any atom is 0.213 e. The van der Waals surface area contributed by atoms with E-state index in [2.05, 4.69) is 94.1 Å². The summed E-state index contributed by atoms with van der Waals surface area (Å²) < 4.78 is 18.0. The van der Waals surface area contributed by atoms with Crippen LogP contribution in [0.4, 0.5) is 0 Å². The van der Waals surface area contributed by atoms with Crippen LogP contribution in [0.3, 0.4) is 0 Å². The maximum atomic E-state index is 6.81. The van der Waals surface area contributed by atoms with E-state index >= 15 is 0 Å². The molecule has 0 aliphatic carbocycles. The van der Waals surface area contributed by atoms with Crippen molar-refractivity contribution >= 4 is 65.9 Å². The van der Waals surface area contributed by atoms with Gasteiger partial charge in [0.25, 0.3) is 0 Å². The van der Waals surface area contributed by atoms with Gasteiger partial charge in [-0.05, 0) is 48.5 Å². The quantitative estimate of drug-likeness (QED) is 0.189. The predicted octanol–water partition coefficient (Wildman–Crippen LogP) is 10.3. The summed E-state index contributed by atoms with van der Waals surface area (Å²) in [5.41, 5.74) is 8.26. The molecule has 5 aromatic carbocycles. The number of hydrogen-bond donors (Lipinski definition) is 0. The molecule has 0 atom stereocenters. The summed E-state index contributed by atoms with van der Waals surface area (Å²) in [5.74, 6) is 1.15. The van der Waals surface area contributed by atoms with Crippen molar-refractivity contribution in [1.82, 2.24) is 29.1 Å². The van der Waals surface area contributed by atoms with Crippen molar-refractivity contribution in [2.75, 3.05) is 0 Å². The van der Waals surface area contributed by atoms with Crippen molar-refractivity contribution in [3.63, 3.8) is 0 Å². The van der Waals surface area contributed by atoms with Crippen LogP contribution in [-0.4, -0.2) is 29.1 Å². The SMILES string of the molecule is c1cnc(-c2ccc(-c3ncccn3)c(-n3c4ccccc4c4c5ccccc5oc43)c2-n2c3ccccc3c3c4ccccc4oc32)nc1. The van der Waals surface area contributed by atoms with Crippen LogP contribution in [0.5, 0.6) is 0 Å². The lowest BCUT2D eigenvalue weighted by Gasteiger charge is -2.21. The second kappa shape index (κ2) is 10.2. The Hall–Kier alpha value is -7.06. The standard InChI is InChI=1S/C42H24N6O2/c1-5-15-31-25(11-1)35-27-13-3-7-17-33(27)49-41(35)47(31)37-29(39-43-21-9-22-44-39)19-20-30(40-45-23-10-24-46-40)38(37)48-32-16-6-2-12-26(32)36-28-14-4-8-18-34(28)50-42(36)48/h1-24H. The van der Waals surface area contributed by atoms with Crippen molar-refractivity contribution in [2.24, 2.45) is 0 Å². The van der Waals surface area contributed by atoms with E-state index in [4.69, 9.17) is 28.8 Å². The van der Waals surface area contributed by atoms with Gasteiger partial charge in [-0.25, -0.2) is 19.9 Å². The zero-order valence-electron chi connectivity index (χ0n) is 26.4. The monoisotopic (exact) mass is 644 g/mol. The minimum absolute atomic E-state index is 0.573. The Bertz CT molecular complexity index is 2890. The molecule has 8 heteroatoms. The van der Waals surface area contributed by atoms with E-state index in [0.717, 1.165) is 77.0 Å². The van der Waals surface area contributed by atoms with E-state index in [0.29, 0.717) is 23.1 Å². The molecule has 234 valence electrons. The van der Waals surface area contributed by atoms with Gasteiger partial charge in [-0.1, -0.05) is 72.8 Å². The number of nitrogens with zero attached hydrogens (tertiary/aromatic N) is 6. The Morgan fingerprint density at radius 1 is 0.380 bits per heavy atom. The van der Waals surface area contributed by atoms with E-state index in [1.54, 1.807) is 24.8 Å². The molecule has 0 bridgehead atoms. The average molecular weight is 645 g/mol. The van der Waals surface area contributed by atoms with Gasteiger partial charge in [-0.15, -0.1) is 0 Å². The van der Waals surface area contributed by atoms with Gasteiger partial charge in [0, 0.05) is 57.5 Å². The molecule has 6 aromatic heterocycles. The van der Waals surface area contributed by atoms with Gasteiger partial charge in [0.1, 0.15) is 11.2 Å². The number of furan rings is 2. The molecule has 8 nitrogen and oxygen atoms in total. The zero-order valence-corrected chi connectivity index (χ0v) is 26.4. The fourth-order valence-electron chi connectivity index (χ4n) is 7.59. The molecule has 0 N–H and O–H groups in total. The molecule has 11 rings (SSSR count). The summed E-state index contributed by atoms with van der Waals surface area (Å²) in [6.45, 7) is 0. The normalized spacial score (nSPS) is 12.0.